The van der Waals surface area contributed by atoms with E-state index in [9.17, 15) is 4.79 Å². The predicted octanol–water partition coefficient (Wildman–Crippen LogP) is 1.57. The van der Waals surface area contributed by atoms with Gasteiger partial charge < -0.3 is 14.5 Å². The number of hydrogen-bond donors (Lipinski definition) is 1. The van der Waals surface area contributed by atoms with E-state index in [0.29, 0.717) is 24.4 Å². The van der Waals surface area contributed by atoms with Crippen LogP contribution in [0.25, 0.3) is 22.6 Å². The first-order valence-corrected chi connectivity index (χ1v) is 9.64. The number of piperazine rings is 1. The maximum atomic E-state index is 12.2. The molecule has 1 fully saturated rings. The third kappa shape index (κ3) is 3.79. The van der Waals surface area contributed by atoms with Crippen molar-refractivity contribution in [2.45, 2.75) is 13.0 Å². The average Bonchev–Trinajstić information content (AvgIpc) is 3.03. The summed E-state index contributed by atoms with van der Waals surface area (Å²) < 4.78 is 6.71. The van der Waals surface area contributed by atoms with Crippen LogP contribution in [-0.2, 0) is 11.3 Å². The molecule has 8 heteroatoms. The van der Waals surface area contributed by atoms with E-state index < -0.39 is 0 Å². The third-order valence-electron chi connectivity index (χ3n) is 5.24. The van der Waals surface area contributed by atoms with Gasteiger partial charge in [0.2, 0.25) is 0 Å². The molecule has 1 saturated heterocycles. The molecule has 4 rings (SSSR count). The van der Waals surface area contributed by atoms with Crippen molar-refractivity contribution in [2.75, 3.05) is 51.8 Å². The summed E-state index contributed by atoms with van der Waals surface area (Å²) in [6, 6.07) is 8.41. The normalized spacial score (nSPS) is 15.4. The highest BCUT2D eigenvalue weighted by Gasteiger charge is 2.15. The zero-order chi connectivity index (χ0) is 19.5. The largest absolute Gasteiger partial charge is 0.385 e. The summed E-state index contributed by atoms with van der Waals surface area (Å²) in [5, 5.41) is 0. The van der Waals surface area contributed by atoms with Crippen molar-refractivity contribution < 1.29 is 4.74 Å². The molecule has 0 aliphatic carbocycles. The van der Waals surface area contributed by atoms with Gasteiger partial charge in [-0.15, -0.1) is 0 Å². The summed E-state index contributed by atoms with van der Waals surface area (Å²) in [4.78, 5) is 28.8. The van der Waals surface area contributed by atoms with Gasteiger partial charge in [-0.05, 0) is 25.6 Å². The van der Waals surface area contributed by atoms with Gasteiger partial charge in [0.25, 0.3) is 0 Å². The number of aryl methyl sites for hydroxylation is 1. The van der Waals surface area contributed by atoms with E-state index in [1.807, 2.05) is 0 Å². The number of rotatable bonds is 6. The number of hydrogen-bond acceptors (Lipinski definition) is 6. The zero-order valence-corrected chi connectivity index (χ0v) is 16.4. The second-order valence-corrected chi connectivity index (χ2v) is 7.19. The van der Waals surface area contributed by atoms with Gasteiger partial charge in [0.1, 0.15) is 0 Å². The SMILES string of the molecule is COCCCn1c(=O)[nH]c2ncc(-c3ccc(N4CCN(C)CC4)cc3)nc21. The lowest BCUT2D eigenvalue weighted by molar-refractivity contribution is 0.190. The standard InChI is InChI=1S/C20H26N6O2/c1-24-9-11-25(12-10-24)16-6-4-15(5-7-16)17-14-21-18-19(22-17)26(20(27)23-18)8-3-13-28-2/h4-7,14H,3,8-13H2,1-2H3,(H,21,23,27). The smallest absolute Gasteiger partial charge is 0.328 e. The first-order valence-electron chi connectivity index (χ1n) is 9.64. The van der Waals surface area contributed by atoms with Gasteiger partial charge >= 0.3 is 5.69 Å². The van der Waals surface area contributed by atoms with Crippen molar-refractivity contribution in [2.24, 2.45) is 0 Å². The maximum absolute atomic E-state index is 12.2. The van der Waals surface area contributed by atoms with Gasteiger partial charge in [-0.2, -0.15) is 0 Å². The molecule has 3 heterocycles. The van der Waals surface area contributed by atoms with Gasteiger partial charge in [-0.3, -0.25) is 9.55 Å². The highest BCUT2D eigenvalue weighted by atomic mass is 16.5. The van der Waals surface area contributed by atoms with Crippen molar-refractivity contribution in [1.29, 1.82) is 0 Å². The van der Waals surface area contributed by atoms with Crippen molar-refractivity contribution in [3.63, 3.8) is 0 Å². The number of likely N-dealkylation sites (N-methyl/N-ethyl adjacent to an activating group) is 1. The fourth-order valence-electron chi connectivity index (χ4n) is 3.54. The molecule has 148 valence electrons. The summed E-state index contributed by atoms with van der Waals surface area (Å²) in [6.45, 7) is 5.39. The van der Waals surface area contributed by atoms with E-state index >= 15 is 0 Å². The Balaban J connectivity index is 1.58. The molecular weight excluding hydrogens is 356 g/mol. The Kier molecular flexibility index (Phi) is 5.40. The maximum Gasteiger partial charge on any atom is 0.328 e. The van der Waals surface area contributed by atoms with Crippen LogP contribution in [-0.4, -0.2) is 71.4 Å². The van der Waals surface area contributed by atoms with Crippen molar-refractivity contribution in [3.8, 4) is 11.3 Å². The van der Waals surface area contributed by atoms with Crippen LogP contribution in [0.5, 0.6) is 0 Å². The molecule has 28 heavy (non-hydrogen) atoms. The number of ether oxygens (including phenoxy) is 1. The number of aromatic amines is 1. The highest BCUT2D eigenvalue weighted by Crippen LogP contribution is 2.23. The average molecular weight is 382 g/mol. The van der Waals surface area contributed by atoms with Gasteiger partial charge in [-0.1, -0.05) is 12.1 Å². The topological polar surface area (TPSA) is 79.3 Å². The fraction of sp³-hybridized carbons (Fsp3) is 0.450. The first kappa shape index (κ1) is 18.6. The number of benzene rings is 1. The zero-order valence-electron chi connectivity index (χ0n) is 16.4. The number of nitrogens with zero attached hydrogens (tertiary/aromatic N) is 5. The molecule has 0 radical (unpaired) electrons. The Hall–Kier alpha value is -2.71. The molecule has 1 aromatic carbocycles. The van der Waals surface area contributed by atoms with Crippen LogP contribution >= 0.6 is 0 Å². The number of nitrogens with one attached hydrogen (secondary N) is 1. The molecule has 0 amide bonds. The van der Waals surface area contributed by atoms with Crippen LogP contribution in [0, 0.1) is 0 Å². The van der Waals surface area contributed by atoms with Gasteiger partial charge in [-0.25, -0.2) is 14.8 Å². The number of anilines is 1. The second-order valence-electron chi connectivity index (χ2n) is 7.19. The monoisotopic (exact) mass is 382 g/mol. The Morgan fingerprint density at radius 3 is 2.61 bits per heavy atom. The van der Waals surface area contributed by atoms with Crippen LogP contribution in [0.15, 0.2) is 35.3 Å². The van der Waals surface area contributed by atoms with Crippen LogP contribution in [0.1, 0.15) is 6.42 Å². The Morgan fingerprint density at radius 2 is 1.89 bits per heavy atom. The summed E-state index contributed by atoms with van der Waals surface area (Å²) in [6.07, 6.45) is 2.46. The molecule has 0 spiro atoms. The molecule has 1 N–H and O–H groups in total. The molecule has 3 aromatic rings. The van der Waals surface area contributed by atoms with E-state index in [-0.39, 0.29) is 5.69 Å². The molecule has 0 atom stereocenters. The Bertz CT molecular complexity index is 986. The van der Waals surface area contributed by atoms with Crippen LogP contribution < -0.4 is 10.6 Å². The molecule has 0 unspecified atom stereocenters. The molecular formula is C20H26N6O2. The van der Waals surface area contributed by atoms with Gasteiger partial charge in [0.05, 0.1) is 11.9 Å². The van der Waals surface area contributed by atoms with E-state index in [0.717, 1.165) is 43.9 Å². The lowest BCUT2D eigenvalue weighted by Gasteiger charge is -2.34. The quantitative estimate of drug-likeness (QED) is 0.652. The van der Waals surface area contributed by atoms with Crippen LogP contribution in [0.3, 0.4) is 0 Å². The summed E-state index contributed by atoms with van der Waals surface area (Å²) in [7, 11) is 3.81. The van der Waals surface area contributed by atoms with Crippen molar-refractivity contribution in [1.82, 2.24) is 24.4 Å². The third-order valence-corrected chi connectivity index (χ3v) is 5.24. The predicted molar refractivity (Wildman–Crippen MR) is 110 cm³/mol. The van der Waals surface area contributed by atoms with Crippen molar-refractivity contribution in [3.05, 3.63) is 40.9 Å². The molecule has 8 nitrogen and oxygen atoms in total. The minimum Gasteiger partial charge on any atom is -0.385 e. The molecule has 1 aliphatic rings. The highest BCUT2D eigenvalue weighted by molar-refractivity contribution is 5.71. The summed E-state index contributed by atoms with van der Waals surface area (Å²) >= 11 is 0. The number of methoxy groups -OCH3 is 1. The fourth-order valence-corrected chi connectivity index (χ4v) is 3.54. The van der Waals surface area contributed by atoms with Crippen LogP contribution in [0.4, 0.5) is 5.69 Å². The minimum atomic E-state index is -0.186. The first-order chi connectivity index (χ1) is 13.7. The molecule has 0 bridgehead atoms. The van der Waals surface area contributed by atoms with Crippen molar-refractivity contribution >= 4 is 17.0 Å². The molecule has 0 saturated carbocycles. The Labute approximate surface area is 163 Å². The molecule has 2 aromatic heterocycles. The second kappa shape index (κ2) is 8.12. The summed E-state index contributed by atoms with van der Waals surface area (Å²) in [5.74, 6) is 0. The number of H-pyrrole nitrogens is 1. The number of imidazole rings is 1. The summed E-state index contributed by atoms with van der Waals surface area (Å²) in [5.41, 5.74) is 3.89. The molecule has 1 aliphatic heterocycles. The van der Waals surface area contributed by atoms with E-state index in [4.69, 9.17) is 9.72 Å². The van der Waals surface area contributed by atoms with E-state index in [2.05, 4.69) is 51.1 Å². The van der Waals surface area contributed by atoms with Gasteiger partial charge in [0.15, 0.2) is 11.3 Å². The van der Waals surface area contributed by atoms with E-state index in [1.54, 1.807) is 17.9 Å². The number of fused-ring (bicyclic) bond motifs is 1. The van der Waals surface area contributed by atoms with Gasteiger partial charge in [0, 0.05) is 57.7 Å². The number of aromatic nitrogens is 4. The Morgan fingerprint density at radius 1 is 1.14 bits per heavy atom. The lowest BCUT2D eigenvalue weighted by Crippen LogP contribution is -2.44. The van der Waals surface area contributed by atoms with Crippen LogP contribution in [0.2, 0.25) is 0 Å². The van der Waals surface area contributed by atoms with E-state index in [1.165, 1.54) is 5.69 Å². The minimum absolute atomic E-state index is 0.186. The lowest BCUT2D eigenvalue weighted by atomic mass is 10.1.